The Morgan fingerprint density at radius 1 is 1.11 bits per heavy atom. The number of thioether (sulfide) groups is 1. The van der Waals surface area contributed by atoms with Gasteiger partial charge in [0.25, 0.3) is 0 Å². The van der Waals surface area contributed by atoms with E-state index in [-0.39, 0.29) is 11.2 Å². The summed E-state index contributed by atoms with van der Waals surface area (Å²) in [5.41, 5.74) is 3.57. The van der Waals surface area contributed by atoms with Crippen LogP contribution >= 0.6 is 23.1 Å². The van der Waals surface area contributed by atoms with Gasteiger partial charge in [0.05, 0.1) is 5.25 Å². The molecule has 2 heterocycles. The molecule has 5 nitrogen and oxygen atoms in total. The zero-order valence-corrected chi connectivity index (χ0v) is 16.6. The molecule has 0 saturated heterocycles. The van der Waals surface area contributed by atoms with Crippen molar-refractivity contribution in [2.45, 2.75) is 29.5 Å². The average molecular weight is 397 g/mol. The van der Waals surface area contributed by atoms with E-state index >= 15 is 0 Å². The van der Waals surface area contributed by atoms with Crippen molar-refractivity contribution in [1.29, 1.82) is 0 Å². The van der Waals surface area contributed by atoms with Gasteiger partial charge in [-0.1, -0.05) is 65.6 Å². The van der Waals surface area contributed by atoms with Crippen molar-refractivity contribution >= 4 is 39.8 Å². The molecular weight excluding hydrogens is 376 g/mol. The highest BCUT2D eigenvalue weighted by Crippen LogP contribution is 2.31. The Hall–Kier alpha value is -2.38. The molecule has 1 aromatic heterocycles. The van der Waals surface area contributed by atoms with Crippen molar-refractivity contribution in [3.05, 3.63) is 65.7 Å². The average Bonchev–Trinajstić information content (AvgIpc) is 3.14. The third-order valence-electron chi connectivity index (χ3n) is 4.50. The summed E-state index contributed by atoms with van der Waals surface area (Å²) < 4.78 is 0.798. The molecular formula is C20H20N4OS2. The van der Waals surface area contributed by atoms with Crippen molar-refractivity contribution in [3.8, 4) is 0 Å². The van der Waals surface area contributed by atoms with E-state index in [2.05, 4.69) is 33.7 Å². The van der Waals surface area contributed by atoms with Gasteiger partial charge in [0, 0.05) is 18.8 Å². The maximum Gasteiger partial charge on any atom is 0.236 e. The number of nitrogens with zero attached hydrogens (tertiary/aromatic N) is 3. The number of aromatic nitrogens is 2. The lowest BCUT2D eigenvalue weighted by atomic mass is 10.00. The predicted molar refractivity (Wildman–Crippen MR) is 111 cm³/mol. The van der Waals surface area contributed by atoms with E-state index in [0.29, 0.717) is 6.54 Å². The van der Waals surface area contributed by atoms with Gasteiger partial charge < -0.3 is 10.2 Å². The molecule has 1 amide bonds. The standard InChI is InChI=1S/C20H20N4OS2/c1-14(18(25)24-12-11-15-7-5-6-8-16(15)13-24)26-20-23-22-19(27-20)21-17-9-3-2-4-10-17/h2-10,14H,11-13H2,1H3,(H,21,22)/t14-/m0/s1. The van der Waals surface area contributed by atoms with Crippen molar-refractivity contribution in [2.24, 2.45) is 0 Å². The van der Waals surface area contributed by atoms with E-state index in [0.717, 1.165) is 28.1 Å². The van der Waals surface area contributed by atoms with Gasteiger partial charge in [-0.25, -0.2) is 0 Å². The van der Waals surface area contributed by atoms with Crippen LogP contribution in [0, 0.1) is 0 Å². The Bertz CT molecular complexity index is 928. The lowest BCUT2D eigenvalue weighted by Gasteiger charge is -2.30. The molecule has 4 rings (SSSR count). The van der Waals surface area contributed by atoms with Crippen LogP contribution in [0.15, 0.2) is 58.9 Å². The first-order chi connectivity index (χ1) is 13.2. The van der Waals surface area contributed by atoms with Crippen molar-refractivity contribution < 1.29 is 4.79 Å². The van der Waals surface area contributed by atoms with E-state index in [1.165, 1.54) is 34.2 Å². The number of fused-ring (bicyclic) bond motifs is 1. The third kappa shape index (κ3) is 4.31. The second-order valence-electron chi connectivity index (χ2n) is 6.40. The Balaban J connectivity index is 1.36. The number of carbonyl (C=O) groups excluding carboxylic acids is 1. The summed E-state index contributed by atoms with van der Waals surface area (Å²) in [6, 6.07) is 18.2. The Labute approximate surface area is 166 Å². The normalized spacial score (nSPS) is 14.5. The van der Waals surface area contributed by atoms with E-state index in [4.69, 9.17) is 0 Å². The molecule has 3 aromatic rings. The van der Waals surface area contributed by atoms with Gasteiger partial charge in [0.1, 0.15) is 0 Å². The van der Waals surface area contributed by atoms with Crippen molar-refractivity contribution in [3.63, 3.8) is 0 Å². The number of anilines is 2. The van der Waals surface area contributed by atoms with Crippen LogP contribution < -0.4 is 5.32 Å². The number of para-hydroxylation sites is 1. The molecule has 0 spiro atoms. The molecule has 1 aliphatic rings. The molecule has 1 aliphatic heterocycles. The van der Waals surface area contributed by atoms with Crippen LogP contribution in [0.4, 0.5) is 10.8 Å². The number of hydrogen-bond donors (Lipinski definition) is 1. The minimum atomic E-state index is -0.187. The maximum atomic E-state index is 12.9. The zero-order valence-electron chi connectivity index (χ0n) is 15.0. The summed E-state index contributed by atoms with van der Waals surface area (Å²) in [7, 11) is 0. The summed E-state index contributed by atoms with van der Waals surface area (Å²) >= 11 is 2.94. The van der Waals surface area contributed by atoms with Crippen LogP contribution in [0.2, 0.25) is 0 Å². The number of rotatable bonds is 5. The Kier molecular flexibility index (Phi) is 5.40. The van der Waals surface area contributed by atoms with Crippen LogP contribution in [0.1, 0.15) is 18.1 Å². The number of nitrogens with one attached hydrogen (secondary N) is 1. The monoisotopic (exact) mass is 396 g/mol. The van der Waals surface area contributed by atoms with Crippen molar-refractivity contribution in [1.82, 2.24) is 15.1 Å². The highest BCUT2D eigenvalue weighted by molar-refractivity contribution is 8.02. The van der Waals surface area contributed by atoms with E-state index < -0.39 is 0 Å². The molecule has 1 atom stereocenters. The second-order valence-corrected chi connectivity index (χ2v) is 8.97. The first-order valence-corrected chi connectivity index (χ1v) is 10.6. The van der Waals surface area contributed by atoms with Gasteiger partial charge in [-0.3, -0.25) is 4.79 Å². The highest BCUT2D eigenvalue weighted by atomic mass is 32.2. The van der Waals surface area contributed by atoms with Crippen molar-refractivity contribution in [2.75, 3.05) is 11.9 Å². The van der Waals surface area contributed by atoms with Crippen LogP contribution in [-0.4, -0.2) is 32.8 Å². The topological polar surface area (TPSA) is 58.1 Å². The highest BCUT2D eigenvalue weighted by Gasteiger charge is 2.26. The first kappa shape index (κ1) is 18.0. The molecule has 0 saturated carbocycles. The van der Waals surface area contributed by atoms with Gasteiger partial charge in [0.15, 0.2) is 4.34 Å². The van der Waals surface area contributed by atoms with Gasteiger partial charge in [0.2, 0.25) is 11.0 Å². The number of benzene rings is 2. The largest absolute Gasteiger partial charge is 0.337 e. The quantitative estimate of drug-likeness (QED) is 0.650. The minimum Gasteiger partial charge on any atom is -0.337 e. The van der Waals surface area contributed by atoms with Gasteiger partial charge >= 0.3 is 0 Å². The lowest BCUT2D eigenvalue weighted by molar-refractivity contribution is -0.131. The molecule has 1 N–H and O–H groups in total. The third-order valence-corrected chi connectivity index (χ3v) is 6.51. The maximum absolute atomic E-state index is 12.9. The van der Waals surface area contributed by atoms with E-state index in [1.807, 2.05) is 48.2 Å². The summed E-state index contributed by atoms with van der Waals surface area (Å²) in [6.45, 7) is 3.41. The fraction of sp³-hybridized carbons (Fsp3) is 0.250. The van der Waals surface area contributed by atoms with Crippen LogP contribution in [-0.2, 0) is 17.8 Å². The molecule has 0 aliphatic carbocycles. The van der Waals surface area contributed by atoms with Gasteiger partial charge in [-0.15, -0.1) is 10.2 Å². The SMILES string of the molecule is C[C@H](Sc1nnc(Nc2ccccc2)s1)C(=O)N1CCc2ccccc2C1. The predicted octanol–water partition coefficient (Wildman–Crippen LogP) is 4.35. The number of carbonyl (C=O) groups is 1. The molecule has 27 heavy (non-hydrogen) atoms. The summed E-state index contributed by atoms with van der Waals surface area (Å²) in [5.74, 6) is 0.155. The van der Waals surface area contributed by atoms with E-state index in [1.54, 1.807) is 0 Å². The van der Waals surface area contributed by atoms with Crippen LogP contribution in [0.5, 0.6) is 0 Å². The van der Waals surface area contributed by atoms with Crippen LogP contribution in [0.3, 0.4) is 0 Å². The summed E-state index contributed by atoms with van der Waals surface area (Å²) in [5, 5.41) is 12.2. The van der Waals surface area contributed by atoms with E-state index in [9.17, 15) is 4.79 Å². The Morgan fingerprint density at radius 2 is 1.85 bits per heavy atom. The fourth-order valence-electron chi connectivity index (χ4n) is 3.10. The Morgan fingerprint density at radius 3 is 2.67 bits per heavy atom. The zero-order chi connectivity index (χ0) is 18.6. The number of hydrogen-bond acceptors (Lipinski definition) is 6. The second kappa shape index (κ2) is 8.10. The minimum absolute atomic E-state index is 0.155. The van der Waals surface area contributed by atoms with Gasteiger partial charge in [-0.2, -0.15) is 0 Å². The molecule has 0 fully saturated rings. The van der Waals surface area contributed by atoms with Crippen LogP contribution in [0.25, 0.3) is 0 Å². The molecule has 0 unspecified atom stereocenters. The number of amides is 1. The smallest absolute Gasteiger partial charge is 0.236 e. The molecule has 7 heteroatoms. The summed E-state index contributed by atoms with van der Waals surface area (Å²) in [4.78, 5) is 14.8. The lowest BCUT2D eigenvalue weighted by Crippen LogP contribution is -2.40. The molecule has 2 aromatic carbocycles. The first-order valence-electron chi connectivity index (χ1n) is 8.87. The fourth-order valence-corrected chi connectivity index (χ4v) is 5.10. The molecule has 0 radical (unpaired) electrons. The summed E-state index contributed by atoms with van der Waals surface area (Å²) in [6.07, 6.45) is 0.920. The van der Waals surface area contributed by atoms with Gasteiger partial charge in [-0.05, 0) is 36.6 Å². The molecule has 138 valence electrons. The molecule has 0 bridgehead atoms.